The van der Waals surface area contributed by atoms with Crippen molar-refractivity contribution in [2.24, 2.45) is 0 Å². The van der Waals surface area contributed by atoms with Gasteiger partial charge in [0.25, 0.3) is 0 Å². The summed E-state index contributed by atoms with van der Waals surface area (Å²) >= 11 is 1.56. The molecule has 1 aromatic carbocycles. The Hall–Kier alpha value is -1.62. The molecule has 0 saturated heterocycles. The largest absolute Gasteiger partial charge is 0.488 e. The first-order valence-corrected chi connectivity index (χ1v) is 7.08. The lowest BCUT2D eigenvalue weighted by Gasteiger charge is -2.05. The third kappa shape index (κ3) is 3.92. The monoisotopic (exact) mass is 280 g/mol. The van der Waals surface area contributed by atoms with Gasteiger partial charge in [-0.05, 0) is 25.0 Å². The van der Waals surface area contributed by atoms with Crippen molar-refractivity contribution in [1.82, 2.24) is 4.98 Å². The Kier molecular flexibility index (Phi) is 4.74. The van der Waals surface area contributed by atoms with Gasteiger partial charge in [-0.3, -0.25) is 0 Å². The number of nitrogens with zero attached hydrogens (tertiary/aromatic N) is 1. The van der Waals surface area contributed by atoms with Crippen LogP contribution in [0.3, 0.4) is 0 Å². The number of aromatic nitrogens is 1. The normalized spacial score (nSPS) is 10.5. The highest BCUT2D eigenvalue weighted by atomic mass is 32.1. The van der Waals surface area contributed by atoms with Crippen molar-refractivity contribution >= 4 is 16.5 Å². The highest BCUT2D eigenvalue weighted by Gasteiger charge is 2.04. The van der Waals surface area contributed by atoms with Crippen molar-refractivity contribution in [3.05, 3.63) is 40.7 Å². The minimum absolute atomic E-state index is 0.243. The van der Waals surface area contributed by atoms with Crippen molar-refractivity contribution in [3.8, 4) is 5.75 Å². The van der Waals surface area contributed by atoms with Crippen molar-refractivity contribution in [2.45, 2.75) is 26.9 Å². The number of hydrogen-bond acceptors (Lipinski definition) is 4. The average Bonchev–Trinajstić information content (AvgIpc) is 2.86. The van der Waals surface area contributed by atoms with Gasteiger partial charge in [-0.15, -0.1) is 0 Å². The van der Waals surface area contributed by atoms with Gasteiger partial charge in [-0.1, -0.05) is 24.3 Å². The Labute approximate surface area is 116 Å². The van der Waals surface area contributed by atoms with Crippen LogP contribution in [0.15, 0.2) is 24.4 Å². The average molecular weight is 280 g/mol. The molecule has 0 radical (unpaired) electrons. The van der Waals surface area contributed by atoms with Crippen LogP contribution in [0.4, 0.5) is 9.52 Å². The van der Waals surface area contributed by atoms with E-state index >= 15 is 0 Å². The van der Waals surface area contributed by atoms with Gasteiger partial charge in [0.2, 0.25) is 0 Å². The molecule has 0 aliphatic heterocycles. The number of benzene rings is 1. The molecule has 2 aromatic rings. The van der Waals surface area contributed by atoms with Crippen molar-refractivity contribution in [2.75, 3.05) is 11.9 Å². The first-order valence-electron chi connectivity index (χ1n) is 6.26. The van der Waals surface area contributed by atoms with Crippen molar-refractivity contribution < 1.29 is 9.13 Å². The fraction of sp³-hybridized carbons (Fsp3) is 0.357. The lowest BCUT2D eigenvalue weighted by Crippen LogP contribution is -1.98. The molecular weight excluding hydrogens is 263 g/mol. The standard InChI is InChI=1S/C14H17FN2OS/c1-3-6-16-14-17-8-12(19-14)9-18-11-5-4-10(2)13(15)7-11/h4-5,7-8H,3,6,9H2,1-2H3,(H,16,17). The van der Waals surface area contributed by atoms with E-state index in [2.05, 4.69) is 17.2 Å². The number of aryl methyl sites for hydroxylation is 1. The summed E-state index contributed by atoms with van der Waals surface area (Å²) in [4.78, 5) is 5.26. The van der Waals surface area contributed by atoms with Crippen LogP contribution in [0.25, 0.3) is 0 Å². The first kappa shape index (κ1) is 13.8. The number of rotatable bonds is 6. The van der Waals surface area contributed by atoms with Gasteiger partial charge in [0, 0.05) is 18.8 Å². The number of ether oxygens (including phenoxy) is 1. The molecule has 1 N–H and O–H groups in total. The number of hydrogen-bond donors (Lipinski definition) is 1. The fourth-order valence-electron chi connectivity index (χ4n) is 1.51. The number of thiazole rings is 1. The van der Waals surface area contributed by atoms with Crippen LogP contribution in [0.5, 0.6) is 5.75 Å². The molecule has 3 nitrogen and oxygen atoms in total. The molecule has 0 aliphatic rings. The highest BCUT2D eigenvalue weighted by Crippen LogP contribution is 2.21. The van der Waals surface area contributed by atoms with E-state index in [1.807, 2.05) is 0 Å². The maximum Gasteiger partial charge on any atom is 0.182 e. The topological polar surface area (TPSA) is 34.2 Å². The summed E-state index contributed by atoms with van der Waals surface area (Å²) in [5.74, 6) is 0.298. The Bertz CT molecular complexity index is 542. The molecule has 0 fully saturated rings. The van der Waals surface area contributed by atoms with Crippen LogP contribution in [0.2, 0.25) is 0 Å². The highest BCUT2D eigenvalue weighted by molar-refractivity contribution is 7.15. The van der Waals surface area contributed by atoms with Gasteiger partial charge in [0.05, 0.1) is 4.88 Å². The molecule has 1 heterocycles. The quantitative estimate of drug-likeness (QED) is 0.868. The minimum atomic E-state index is -0.243. The van der Waals surface area contributed by atoms with Gasteiger partial charge in [-0.25, -0.2) is 9.37 Å². The molecule has 1 aromatic heterocycles. The second kappa shape index (κ2) is 6.52. The molecule has 0 saturated carbocycles. The number of anilines is 1. The summed E-state index contributed by atoms with van der Waals surface area (Å²) in [7, 11) is 0. The van der Waals surface area contributed by atoms with Crippen LogP contribution in [0, 0.1) is 12.7 Å². The zero-order chi connectivity index (χ0) is 13.7. The molecule has 0 bridgehead atoms. The Morgan fingerprint density at radius 1 is 1.42 bits per heavy atom. The second-order valence-electron chi connectivity index (χ2n) is 4.26. The molecule has 102 valence electrons. The van der Waals surface area contributed by atoms with Crippen LogP contribution >= 0.6 is 11.3 Å². The van der Waals surface area contributed by atoms with Gasteiger partial charge >= 0.3 is 0 Å². The van der Waals surface area contributed by atoms with Crippen LogP contribution in [0.1, 0.15) is 23.8 Å². The molecule has 19 heavy (non-hydrogen) atoms. The van der Waals surface area contributed by atoms with Crippen molar-refractivity contribution in [3.63, 3.8) is 0 Å². The predicted molar refractivity (Wildman–Crippen MR) is 76.4 cm³/mol. The fourth-order valence-corrected chi connectivity index (χ4v) is 2.26. The molecule has 0 spiro atoms. The number of halogens is 1. The second-order valence-corrected chi connectivity index (χ2v) is 5.37. The summed E-state index contributed by atoms with van der Waals surface area (Å²) in [5.41, 5.74) is 0.621. The minimum Gasteiger partial charge on any atom is -0.488 e. The van der Waals surface area contributed by atoms with E-state index in [-0.39, 0.29) is 5.82 Å². The Morgan fingerprint density at radius 3 is 3.00 bits per heavy atom. The molecule has 0 atom stereocenters. The Morgan fingerprint density at radius 2 is 2.26 bits per heavy atom. The van der Waals surface area contributed by atoms with E-state index in [1.165, 1.54) is 6.07 Å². The van der Waals surface area contributed by atoms with Crippen LogP contribution in [-0.2, 0) is 6.61 Å². The van der Waals surface area contributed by atoms with Gasteiger partial charge in [0.1, 0.15) is 18.2 Å². The van der Waals surface area contributed by atoms with E-state index in [9.17, 15) is 4.39 Å². The van der Waals surface area contributed by atoms with E-state index < -0.39 is 0 Å². The predicted octanol–water partition coefficient (Wildman–Crippen LogP) is 3.99. The molecule has 0 aliphatic carbocycles. The molecule has 2 rings (SSSR count). The third-order valence-corrected chi connectivity index (χ3v) is 3.53. The zero-order valence-electron chi connectivity index (χ0n) is 11.1. The smallest absolute Gasteiger partial charge is 0.182 e. The lowest BCUT2D eigenvalue weighted by molar-refractivity contribution is 0.308. The van der Waals surface area contributed by atoms with E-state index in [0.717, 1.165) is 23.0 Å². The van der Waals surface area contributed by atoms with Gasteiger partial charge < -0.3 is 10.1 Å². The molecule has 5 heteroatoms. The Balaban J connectivity index is 1.91. The van der Waals surface area contributed by atoms with Crippen molar-refractivity contribution in [1.29, 1.82) is 0 Å². The molecular formula is C14H17FN2OS. The maximum absolute atomic E-state index is 13.3. The van der Waals surface area contributed by atoms with Gasteiger partial charge in [-0.2, -0.15) is 0 Å². The summed E-state index contributed by atoms with van der Waals surface area (Å²) in [6.45, 7) is 5.16. The summed E-state index contributed by atoms with van der Waals surface area (Å²) in [6.07, 6.45) is 2.85. The summed E-state index contributed by atoms with van der Waals surface area (Å²) in [6, 6.07) is 4.90. The summed E-state index contributed by atoms with van der Waals surface area (Å²) in [5, 5.41) is 4.12. The van der Waals surface area contributed by atoms with E-state index in [1.54, 1.807) is 36.6 Å². The first-order chi connectivity index (χ1) is 9.19. The zero-order valence-corrected chi connectivity index (χ0v) is 11.9. The maximum atomic E-state index is 13.3. The lowest BCUT2D eigenvalue weighted by atomic mass is 10.2. The van der Waals surface area contributed by atoms with Gasteiger partial charge in [0.15, 0.2) is 5.13 Å². The third-order valence-electron chi connectivity index (χ3n) is 2.60. The molecule has 0 unspecified atom stereocenters. The van der Waals surface area contributed by atoms with E-state index in [4.69, 9.17) is 4.74 Å². The van der Waals surface area contributed by atoms with Crippen LogP contribution in [-0.4, -0.2) is 11.5 Å². The SMILES string of the molecule is CCCNc1ncc(COc2ccc(C)c(F)c2)s1. The number of nitrogens with one attached hydrogen (secondary N) is 1. The molecule has 0 amide bonds. The van der Waals surface area contributed by atoms with Crippen LogP contribution < -0.4 is 10.1 Å². The van der Waals surface area contributed by atoms with E-state index in [0.29, 0.717) is 17.9 Å². The summed E-state index contributed by atoms with van der Waals surface area (Å²) < 4.78 is 18.9.